The van der Waals surface area contributed by atoms with Crippen molar-refractivity contribution < 1.29 is 30.8 Å². The molecule has 0 bridgehead atoms. The van der Waals surface area contributed by atoms with Crippen LogP contribution in [-0.4, -0.2) is 14.3 Å². The Morgan fingerprint density at radius 1 is 0.839 bits per heavy atom. The summed E-state index contributed by atoms with van der Waals surface area (Å²) >= 11 is 0. The van der Waals surface area contributed by atoms with Gasteiger partial charge in [-0.25, -0.2) is 12.8 Å². The number of anilines is 2. The van der Waals surface area contributed by atoms with Crippen LogP contribution in [0.1, 0.15) is 15.9 Å². The molecule has 0 aliphatic carbocycles. The maximum atomic E-state index is 13.0. The van der Waals surface area contributed by atoms with Crippen LogP contribution in [0, 0.1) is 5.82 Å². The molecule has 3 aromatic carbocycles. The fourth-order valence-electron chi connectivity index (χ4n) is 2.55. The Bertz CT molecular complexity index is 1180. The summed E-state index contributed by atoms with van der Waals surface area (Å²) in [5.41, 5.74) is 3.33. The number of benzene rings is 3. The maximum Gasteiger partial charge on any atom is 0.418 e. The van der Waals surface area contributed by atoms with E-state index in [2.05, 4.69) is 15.6 Å². The summed E-state index contributed by atoms with van der Waals surface area (Å²) in [5.74, 6) is -1.31. The van der Waals surface area contributed by atoms with Gasteiger partial charge in [-0.15, -0.1) is 0 Å². The van der Waals surface area contributed by atoms with E-state index in [9.17, 15) is 30.8 Å². The largest absolute Gasteiger partial charge is 0.418 e. The smallest absolute Gasteiger partial charge is 0.298 e. The minimum Gasteiger partial charge on any atom is -0.298 e. The van der Waals surface area contributed by atoms with Crippen molar-refractivity contribution in [1.82, 2.24) is 5.43 Å². The molecule has 11 heteroatoms. The van der Waals surface area contributed by atoms with E-state index in [-0.39, 0.29) is 21.8 Å². The van der Waals surface area contributed by atoms with E-state index in [1.165, 1.54) is 36.4 Å². The molecule has 0 fully saturated rings. The van der Waals surface area contributed by atoms with Crippen molar-refractivity contribution in [2.24, 2.45) is 0 Å². The van der Waals surface area contributed by atoms with E-state index in [1.54, 1.807) is 0 Å². The highest BCUT2D eigenvalue weighted by Gasteiger charge is 2.33. The first-order chi connectivity index (χ1) is 14.6. The zero-order valence-corrected chi connectivity index (χ0v) is 16.4. The first-order valence-electron chi connectivity index (χ1n) is 8.67. The molecular formula is C20H15F4N3O3S. The number of alkyl halides is 3. The minimum absolute atomic E-state index is 0.0710. The van der Waals surface area contributed by atoms with Crippen molar-refractivity contribution in [3.63, 3.8) is 0 Å². The Hall–Kier alpha value is -3.60. The molecule has 0 aromatic heterocycles. The third kappa shape index (κ3) is 5.51. The Balaban J connectivity index is 1.66. The molecule has 0 heterocycles. The van der Waals surface area contributed by atoms with Gasteiger partial charge in [-0.3, -0.25) is 20.4 Å². The molecule has 162 valence electrons. The van der Waals surface area contributed by atoms with Gasteiger partial charge >= 0.3 is 6.18 Å². The average Bonchev–Trinajstić information content (AvgIpc) is 2.72. The number of para-hydroxylation sites is 1. The van der Waals surface area contributed by atoms with Gasteiger partial charge in [0.05, 0.1) is 16.1 Å². The Morgan fingerprint density at radius 3 is 2.06 bits per heavy atom. The number of rotatable bonds is 6. The van der Waals surface area contributed by atoms with Crippen molar-refractivity contribution in [2.45, 2.75) is 11.1 Å². The van der Waals surface area contributed by atoms with E-state index in [1.807, 2.05) is 0 Å². The van der Waals surface area contributed by atoms with Crippen LogP contribution in [0.2, 0.25) is 0 Å². The normalized spacial score (nSPS) is 11.6. The molecule has 0 saturated carbocycles. The molecule has 0 atom stereocenters. The lowest BCUT2D eigenvalue weighted by Gasteiger charge is -2.15. The molecule has 6 nitrogen and oxygen atoms in total. The highest BCUT2D eigenvalue weighted by Crippen LogP contribution is 2.34. The van der Waals surface area contributed by atoms with Gasteiger partial charge in [0, 0.05) is 11.3 Å². The van der Waals surface area contributed by atoms with Gasteiger partial charge in [0.25, 0.3) is 15.9 Å². The maximum absolute atomic E-state index is 13.0. The summed E-state index contributed by atoms with van der Waals surface area (Å²) in [6.07, 6.45) is -4.60. The molecule has 0 aliphatic rings. The summed E-state index contributed by atoms with van der Waals surface area (Å²) in [7, 11) is -3.96. The van der Waals surface area contributed by atoms with Crippen LogP contribution in [-0.2, 0) is 16.2 Å². The number of hydrogen-bond donors (Lipinski definition) is 3. The average molecular weight is 453 g/mol. The van der Waals surface area contributed by atoms with Crippen LogP contribution in [0.5, 0.6) is 0 Å². The van der Waals surface area contributed by atoms with Crippen LogP contribution in [0.4, 0.5) is 28.9 Å². The lowest BCUT2D eigenvalue weighted by molar-refractivity contribution is -0.137. The highest BCUT2D eigenvalue weighted by atomic mass is 32.2. The number of sulfonamides is 1. The van der Waals surface area contributed by atoms with E-state index in [0.29, 0.717) is 0 Å². The van der Waals surface area contributed by atoms with E-state index in [4.69, 9.17) is 0 Å². The van der Waals surface area contributed by atoms with Crippen molar-refractivity contribution >= 4 is 27.3 Å². The number of carbonyl (C=O) groups excluding carboxylic acids is 1. The zero-order chi connectivity index (χ0) is 22.6. The minimum atomic E-state index is -4.60. The quantitative estimate of drug-likeness (QED) is 0.381. The highest BCUT2D eigenvalue weighted by molar-refractivity contribution is 7.92. The fraction of sp³-hybridized carbons (Fsp3) is 0.0500. The van der Waals surface area contributed by atoms with E-state index >= 15 is 0 Å². The standard InChI is InChI=1S/C20H15F4N3O3S/c21-14-7-11-16(12-8-14)31(29,30)27-15-9-5-13(6-10-15)19(28)26-25-18-4-2-1-3-17(18)20(22,23)24/h1-12,25,27H,(H,26,28). The molecule has 0 aliphatic heterocycles. The summed E-state index contributed by atoms with van der Waals surface area (Å²) in [4.78, 5) is 12.1. The summed E-state index contributed by atoms with van der Waals surface area (Å²) in [5, 5.41) is 0. The van der Waals surface area contributed by atoms with Gasteiger partial charge in [-0.1, -0.05) is 12.1 Å². The SMILES string of the molecule is O=C(NNc1ccccc1C(F)(F)F)c1ccc(NS(=O)(=O)c2ccc(F)cc2)cc1. The van der Waals surface area contributed by atoms with Gasteiger partial charge in [-0.2, -0.15) is 13.2 Å². The second kappa shape index (κ2) is 8.64. The van der Waals surface area contributed by atoms with Crippen molar-refractivity contribution in [3.05, 3.63) is 89.7 Å². The third-order valence-electron chi connectivity index (χ3n) is 4.07. The summed E-state index contributed by atoms with van der Waals surface area (Å²) in [6.45, 7) is 0. The number of hydrazine groups is 1. The molecule has 1 amide bonds. The number of halogens is 4. The van der Waals surface area contributed by atoms with E-state index < -0.39 is 33.5 Å². The molecule has 3 aromatic rings. The van der Waals surface area contributed by atoms with Crippen LogP contribution < -0.4 is 15.6 Å². The van der Waals surface area contributed by atoms with Crippen LogP contribution in [0.15, 0.2) is 77.7 Å². The molecule has 0 unspecified atom stereocenters. The van der Waals surface area contributed by atoms with E-state index in [0.717, 1.165) is 36.4 Å². The molecule has 0 radical (unpaired) electrons. The molecule has 3 N–H and O–H groups in total. The molecule has 31 heavy (non-hydrogen) atoms. The van der Waals surface area contributed by atoms with Gasteiger partial charge in [0.1, 0.15) is 5.82 Å². The topological polar surface area (TPSA) is 87.3 Å². The van der Waals surface area contributed by atoms with Gasteiger partial charge in [-0.05, 0) is 60.7 Å². The second-order valence-electron chi connectivity index (χ2n) is 6.26. The Labute approximate surface area is 174 Å². The number of amides is 1. The Kier molecular flexibility index (Phi) is 6.16. The molecule has 3 rings (SSSR count). The van der Waals surface area contributed by atoms with Crippen LogP contribution in [0.3, 0.4) is 0 Å². The van der Waals surface area contributed by atoms with Crippen molar-refractivity contribution in [1.29, 1.82) is 0 Å². The predicted octanol–water partition coefficient (Wildman–Crippen LogP) is 4.40. The summed E-state index contributed by atoms with van der Waals surface area (Å²) in [6, 6.07) is 14.0. The second-order valence-corrected chi connectivity index (χ2v) is 7.94. The van der Waals surface area contributed by atoms with Gasteiger partial charge in [0.2, 0.25) is 0 Å². The number of hydrogen-bond acceptors (Lipinski definition) is 4. The molecular weight excluding hydrogens is 438 g/mol. The predicted molar refractivity (Wildman–Crippen MR) is 106 cm³/mol. The lowest BCUT2D eigenvalue weighted by atomic mass is 10.2. The van der Waals surface area contributed by atoms with Gasteiger partial charge < -0.3 is 0 Å². The van der Waals surface area contributed by atoms with Crippen LogP contribution >= 0.6 is 0 Å². The van der Waals surface area contributed by atoms with Crippen molar-refractivity contribution in [3.8, 4) is 0 Å². The number of carbonyl (C=O) groups is 1. The Morgan fingerprint density at radius 2 is 1.45 bits per heavy atom. The zero-order valence-electron chi connectivity index (χ0n) is 15.6. The monoisotopic (exact) mass is 453 g/mol. The van der Waals surface area contributed by atoms with Crippen LogP contribution in [0.25, 0.3) is 0 Å². The first-order valence-corrected chi connectivity index (χ1v) is 10.2. The fourth-order valence-corrected chi connectivity index (χ4v) is 3.61. The molecule has 0 saturated heterocycles. The molecule has 0 spiro atoms. The third-order valence-corrected chi connectivity index (χ3v) is 5.46. The first kappa shape index (κ1) is 22.1. The van der Waals surface area contributed by atoms with Crippen molar-refractivity contribution in [2.75, 3.05) is 10.1 Å². The number of nitrogens with one attached hydrogen (secondary N) is 3. The summed E-state index contributed by atoms with van der Waals surface area (Å²) < 4.78 is 78.8. The lowest BCUT2D eigenvalue weighted by Crippen LogP contribution is -2.30. The van der Waals surface area contributed by atoms with Gasteiger partial charge in [0.15, 0.2) is 0 Å².